The summed E-state index contributed by atoms with van der Waals surface area (Å²) < 4.78 is 38.1. The minimum Gasteiger partial charge on any atom is -0.411 e. The second kappa shape index (κ2) is 10.1. The van der Waals surface area contributed by atoms with Crippen LogP contribution in [0.5, 0.6) is 0 Å². The first-order valence-electron chi connectivity index (χ1n) is 9.92. The van der Waals surface area contributed by atoms with Gasteiger partial charge in [0.2, 0.25) is 21.8 Å². The Labute approximate surface area is 194 Å². The van der Waals surface area contributed by atoms with E-state index >= 15 is 0 Å². The second-order valence-corrected chi connectivity index (χ2v) is 11.2. The Hall–Kier alpha value is -2.25. The van der Waals surface area contributed by atoms with Gasteiger partial charge in [0.15, 0.2) is 0 Å². The molecule has 1 aromatic carbocycles. The number of amides is 1. The molecule has 0 aliphatic carbocycles. The quantitative estimate of drug-likeness (QED) is 0.475. The van der Waals surface area contributed by atoms with Crippen molar-refractivity contribution in [2.75, 3.05) is 26.3 Å². The monoisotopic (exact) mass is 494 g/mol. The third kappa shape index (κ3) is 5.38. The predicted octanol–water partition coefficient (Wildman–Crippen LogP) is 2.62. The first-order valence-corrected chi connectivity index (χ1v) is 13.1. The average Bonchev–Trinajstić information content (AvgIpc) is 3.50. The van der Waals surface area contributed by atoms with Crippen LogP contribution >= 0.6 is 23.1 Å². The molecule has 0 saturated carbocycles. The average molecular weight is 495 g/mol. The number of rotatable bonds is 8. The van der Waals surface area contributed by atoms with E-state index in [2.05, 4.69) is 15.5 Å². The van der Waals surface area contributed by atoms with E-state index < -0.39 is 15.3 Å². The Morgan fingerprint density at radius 2 is 2.06 bits per heavy atom. The van der Waals surface area contributed by atoms with Crippen LogP contribution in [0.4, 0.5) is 0 Å². The lowest BCUT2D eigenvalue weighted by atomic mass is 10.2. The topological polar surface area (TPSA) is 115 Å². The van der Waals surface area contributed by atoms with Gasteiger partial charge in [-0.1, -0.05) is 23.9 Å². The van der Waals surface area contributed by atoms with Crippen LogP contribution in [-0.4, -0.2) is 60.4 Å². The zero-order valence-corrected chi connectivity index (χ0v) is 19.7. The van der Waals surface area contributed by atoms with Gasteiger partial charge in [0.25, 0.3) is 5.22 Å². The molecule has 170 valence electrons. The molecule has 1 saturated heterocycles. The van der Waals surface area contributed by atoms with Crippen molar-refractivity contribution in [2.45, 2.75) is 28.8 Å². The van der Waals surface area contributed by atoms with Crippen LogP contribution in [0.25, 0.3) is 11.5 Å². The predicted molar refractivity (Wildman–Crippen MR) is 121 cm³/mol. The van der Waals surface area contributed by atoms with E-state index in [0.717, 1.165) is 16.6 Å². The maximum atomic E-state index is 12.9. The zero-order chi connectivity index (χ0) is 22.6. The molecule has 1 atom stereocenters. The van der Waals surface area contributed by atoms with Crippen molar-refractivity contribution < 1.29 is 22.4 Å². The number of sulfonamides is 1. The SMILES string of the molecule is C[C@@H](Sc1nnc(-c2cccc(S(=O)(=O)N3CCOCC3)c2)o1)C(=O)NCc1cccs1. The van der Waals surface area contributed by atoms with Crippen LogP contribution in [0.15, 0.2) is 56.3 Å². The van der Waals surface area contributed by atoms with Crippen molar-refractivity contribution in [3.05, 3.63) is 46.7 Å². The number of benzene rings is 1. The summed E-state index contributed by atoms with van der Waals surface area (Å²) >= 11 is 2.73. The Kier molecular flexibility index (Phi) is 7.26. The molecule has 1 aliphatic rings. The maximum Gasteiger partial charge on any atom is 0.277 e. The Morgan fingerprint density at radius 3 is 2.81 bits per heavy atom. The van der Waals surface area contributed by atoms with Crippen LogP contribution in [0, 0.1) is 0 Å². The molecule has 0 radical (unpaired) electrons. The molecule has 1 amide bonds. The number of hydrogen-bond acceptors (Lipinski definition) is 9. The normalized spacial score (nSPS) is 16.0. The van der Waals surface area contributed by atoms with Gasteiger partial charge in [-0.15, -0.1) is 21.5 Å². The van der Waals surface area contributed by atoms with Crippen molar-refractivity contribution in [1.29, 1.82) is 0 Å². The van der Waals surface area contributed by atoms with E-state index in [0.29, 0.717) is 38.4 Å². The molecule has 1 aliphatic heterocycles. The fourth-order valence-corrected chi connectivity index (χ4v) is 5.84. The Morgan fingerprint density at radius 1 is 1.25 bits per heavy atom. The molecule has 1 fully saturated rings. The summed E-state index contributed by atoms with van der Waals surface area (Å²) in [6.07, 6.45) is 0. The van der Waals surface area contributed by atoms with E-state index in [1.807, 2.05) is 17.5 Å². The summed E-state index contributed by atoms with van der Waals surface area (Å²) in [5.74, 6) is 0.0551. The molecule has 0 unspecified atom stereocenters. The summed E-state index contributed by atoms with van der Waals surface area (Å²) in [6.45, 7) is 3.62. The number of thioether (sulfide) groups is 1. The smallest absolute Gasteiger partial charge is 0.277 e. The molecule has 3 heterocycles. The maximum absolute atomic E-state index is 12.9. The van der Waals surface area contributed by atoms with E-state index in [4.69, 9.17) is 9.15 Å². The number of carbonyl (C=O) groups excluding carboxylic acids is 1. The highest BCUT2D eigenvalue weighted by atomic mass is 32.2. The molecule has 9 nitrogen and oxygen atoms in total. The third-order valence-electron chi connectivity index (χ3n) is 4.76. The van der Waals surface area contributed by atoms with Gasteiger partial charge >= 0.3 is 0 Å². The summed E-state index contributed by atoms with van der Waals surface area (Å²) in [7, 11) is -3.63. The summed E-state index contributed by atoms with van der Waals surface area (Å²) in [6, 6.07) is 10.3. The van der Waals surface area contributed by atoms with Crippen molar-refractivity contribution in [1.82, 2.24) is 19.8 Å². The number of hydrogen-bond donors (Lipinski definition) is 1. The summed E-state index contributed by atoms with van der Waals surface area (Å²) in [5.41, 5.74) is 0.494. The number of aromatic nitrogens is 2. The minimum atomic E-state index is -3.63. The number of carbonyl (C=O) groups is 1. The van der Waals surface area contributed by atoms with Crippen LogP contribution in [0.1, 0.15) is 11.8 Å². The fourth-order valence-electron chi connectivity index (χ4n) is 3.04. The third-order valence-corrected chi connectivity index (χ3v) is 8.46. The van der Waals surface area contributed by atoms with Crippen molar-refractivity contribution in [3.63, 3.8) is 0 Å². The van der Waals surface area contributed by atoms with E-state index in [1.165, 1.54) is 10.4 Å². The largest absolute Gasteiger partial charge is 0.411 e. The molecule has 2 aromatic heterocycles. The highest BCUT2D eigenvalue weighted by Crippen LogP contribution is 2.28. The lowest BCUT2D eigenvalue weighted by Gasteiger charge is -2.26. The summed E-state index contributed by atoms with van der Waals surface area (Å²) in [5, 5.41) is 12.7. The standard InChI is InChI=1S/C20H22N4O5S3/c1-14(18(25)21-13-16-5-3-11-30-16)31-20-23-22-19(29-20)15-4-2-6-17(12-15)32(26,27)24-7-9-28-10-8-24/h2-6,11-12,14H,7-10,13H2,1H3,(H,21,25)/t14-/m1/s1. The number of nitrogens with zero attached hydrogens (tertiary/aromatic N) is 3. The molecule has 3 aromatic rings. The van der Waals surface area contributed by atoms with Gasteiger partial charge in [-0.05, 0) is 36.6 Å². The molecule has 0 spiro atoms. The molecular formula is C20H22N4O5S3. The van der Waals surface area contributed by atoms with E-state index in [1.54, 1.807) is 36.5 Å². The first-order chi connectivity index (χ1) is 15.4. The molecule has 1 N–H and O–H groups in total. The van der Waals surface area contributed by atoms with Gasteiger partial charge in [0.05, 0.1) is 29.9 Å². The van der Waals surface area contributed by atoms with Crippen LogP contribution in [0.2, 0.25) is 0 Å². The van der Waals surface area contributed by atoms with Gasteiger partial charge in [-0.25, -0.2) is 8.42 Å². The van der Waals surface area contributed by atoms with Crippen molar-refractivity contribution in [3.8, 4) is 11.5 Å². The Bertz CT molecular complexity index is 1160. The highest BCUT2D eigenvalue weighted by molar-refractivity contribution is 8.00. The lowest BCUT2D eigenvalue weighted by molar-refractivity contribution is -0.120. The molecule has 12 heteroatoms. The molecule has 4 rings (SSSR count). The van der Waals surface area contributed by atoms with Crippen molar-refractivity contribution >= 4 is 39.0 Å². The fraction of sp³-hybridized carbons (Fsp3) is 0.350. The van der Waals surface area contributed by atoms with Crippen LogP contribution in [0.3, 0.4) is 0 Å². The van der Waals surface area contributed by atoms with Crippen molar-refractivity contribution in [2.24, 2.45) is 0 Å². The van der Waals surface area contributed by atoms with Gasteiger partial charge in [-0.3, -0.25) is 4.79 Å². The van der Waals surface area contributed by atoms with E-state index in [-0.39, 0.29) is 21.9 Å². The Balaban J connectivity index is 1.42. The zero-order valence-electron chi connectivity index (χ0n) is 17.3. The lowest BCUT2D eigenvalue weighted by Crippen LogP contribution is -2.40. The molecule has 32 heavy (non-hydrogen) atoms. The number of ether oxygens (including phenoxy) is 1. The minimum absolute atomic E-state index is 0.137. The summed E-state index contributed by atoms with van der Waals surface area (Å²) in [4.78, 5) is 13.6. The van der Waals surface area contributed by atoms with E-state index in [9.17, 15) is 13.2 Å². The van der Waals surface area contributed by atoms with Gasteiger partial charge < -0.3 is 14.5 Å². The van der Waals surface area contributed by atoms with Gasteiger partial charge in [0, 0.05) is 23.5 Å². The number of nitrogens with one attached hydrogen (secondary N) is 1. The number of morpholine rings is 1. The number of thiophene rings is 1. The second-order valence-electron chi connectivity index (χ2n) is 6.97. The van der Waals surface area contributed by atoms with Crippen LogP contribution in [-0.2, 0) is 26.1 Å². The van der Waals surface area contributed by atoms with Gasteiger partial charge in [-0.2, -0.15) is 4.31 Å². The molecule has 0 bridgehead atoms. The highest BCUT2D eigenvalue weighted by Gasteiger charge is 2.27. The van der Waals surface area contributed by atoms with Gasteiger partial charge in [0.1, 0.15) is 0 Å². The van der Waals surface area contributed by atoms with Crippen LogP contribution < -0.4 is 5.32 Å². The first kappa shape index (κ1) is 22.9. The molecular weight excluding hydrogens is 472 g/mol.